The summed E-state index contributed by atoms with van der Waals surface area (Å²) in [5.74, 6) is 0.234. The summed E-state index contributed by atoms with van der Waals surface area (Å²) < 4.78 is 0. The Hall–Kier alpha value is -1.64. The first-order valence-corrected chi connectivity index (χ1v) is 7.73. The smallest absolute Gasteiger partial charge is 0.0946 e. The summed E-state index contributed by atoms with van der Waals surface area (Å²) in [7, 11) is 0. The third-order valence-corrected chi connectivity index (χ3v) is 4.68. The van der Waals surface area contributed by atoms with Gasteiger partial charge in [-0.15, -0.1) is 0 Å². The Bertz CT molecular complexity index is 569. The molecule has 2 heteroatoms. The molecule has 1 aliphatic heterocycles. The summed E-state index contributed by atoms with van der Waals surface area (Å²) in [6.07, 6.45) is 0.797. The number of likely N-dealkylation sites (tertiary alicyclic amines) is 1. The number of hydrogen-bond acceptors (Lipinski definition) is 2. The molecule has 21 heavy (non-hydrogen) atoms. The van der Waals surface area contributed by atoms with Gasteiger partial charge in [0, 0.05) is 25.6 Å². The van der Waals surface area contributed by atoms with Crippen molar-refractivity contribution in [3.63, 3.8) is 0 Å². The molecule has 0 aliphatic carbocycles. The van der Waals surface area contributed by atoms with Gasteiger partial charge in [-0.2, -0.15) is 0 Å². The van der Waals surface area contributed by atoms with E-state index in [0.29, 0.717) is 0 Å². The minimum Gasteiger partial charge on any atom is -0.385 e. The largest absolute Gasteiger partial charge is 0.385 e. The molecule has 1 N–H and O–H groups in total. The van der Waals surface area contributed by atoms with Crippen LogP contribution in [0.25, 0.3) is 0 Å². The zero-order valence-electron chi connectivity index (χ0n) is 12.6. The van der Waals surface area contributed by atoms with E-state index in [9.17, 15) is 5.11 Å². The van der Waals surface area contributed by atoms with Gasteiger partial charge in [0.1, 0.15) is 0 Å². The van der Waals surface area contributed by atoms with E-state index >= 15 is 0 Å². The molecule has 2 nitrogen and oxygen atoms in total. The van der Waals surface area contributed by atoms with Gasteiger partial charge >= 0.3 is 0 Å². The van der Waals surface area contributed by atoms with Gasteiger partial charge in [0.2, 0.25) is 0 Å². The second-order valence-corrected chi connectivity index (χ2v) is 6.16. The van der Waals surface area contributed by atoms with Crippen molar-refractivity contribution in [3.05, 3.63) is 71.8 Å². The average Bonchev–Trinajstić information content (AvgIpc) is 2.53. The summed E-state index contributed by atoms with van der Waals surface area (Å²) in [6, 6.07) is 20.7. The average molecular weight is 281 g/mol. The van der Waals surface area contributed by atoms with Crippen molar-refractivity contribution in [2.45, 2.75) is 25.5 Å². The summed E-state index contributed by atoms with van der Waals surface area (Å²) >= 11 is 0. The zero-order chi connectivity index (χ0) is 14.7. The highest BCUT2D eigenvalue weighted by atomic mass is 16.3. The minimum atomic E-state index is -0.686. The molecule has 3 rings (SSSR count). The number of benzene rings is 2. The zero-order valence-corrected chi connectivity index (χ0v) is 12.6. The second-order valence-electron chi connectivity index (χ2n) is 6.16. The van der Waals surface area contributed by atoms with Gasteiger partial charge in [0.15, 0.2) is 0 Å². The first kappa shape index (κ1) is 14.3. The number of rotatable bonds is 3. The van der Waals surface area contributed by atoms with Crippen molar-refractivity contribution < 1.29 is 5.11 Å². The lowest BCUT2D eigenvalue weighted by molar-refractivity contribution is -0.0728. The van der Waals surface area contributed by atoms with E-state index in [1.807, 2.05) is 30.3 Å². The van der Waals surface area contributed by atoms with Gasteiger partial charge < -0.3 is 5.11 Å². The monoisotopic (exact) mass is 281 g/mol. The molecule has 2 atom stereocenters. The van der Waals surface area contributed by atoms with Gasteiger partial charge in [0.25, 0.3) is 0 Å². The normalized spacial score (nSPS) is 26.7. The van der Waals surface area contributed by atoms with Crippen LogP contribution in [0.2, 0.25) is 0 Å². The van der Waals surface area contributed by atoms with Crippen molar-refractivity contribution in [1.82, 2.24) is 4.90 Å². The van der Waals surface area contributed by atoms with Gasteiger partial charge in [-0.1, -0.05) is 67.6 Å². The Morgan fingerprint density at radius 1 is 1.05 bits per heavy atom. The van der Waals surface area contributed by atoms with Gasteiger partial charge in [-0.05, 0) is 17.5 Å². The Balaban J connectivity index is 1.70. The number of aliphatic hydroxyl groups is 1. The summed E-state index contributed by atoms with van der Waals surface area (Å²) in [6.45, 7) is 4.99. The molecule has 110 valence electrons. The van der Waals surface area contributed by atoms with Crippen LogP contribution in [0.15, 0.2) is 60.7 Å². The lowest BCUT2D eigenvalue weighted by atomic mass is 9.77. The number of hydrogen-bond donors (Lipinski definition) is 1. The highest BCUT2D eigenvalue weighted by Crippen LogP contribution is 2.37. The van der Waals surface area contributed by atoms with Gasteiger partial charge in [-0.25, -0.2) is 0 Å². The van der Waals surface area contributed by atoms with Crippen LogP contribution in [0, 0.1) is 5.92 Å². The molecule has 0 unspecified atom stereocenters. The SMILES string of the molecule is C[C@H]1CN(Cc2ccccc2)CC[C@@]1(O)c1ccccc1. The highest BCUT2D eigenvalue weighted by molar-refractivity contribution is 5.24. The quantitative estimate of drug-likeness (QED) is 0.932. The third kappa shape index (κ3) is 3.02. The predicted octanol–water partition coefficient (Wildman–Crippen LogP) is 3.42. The Kier molecular flexibility index (Phi) is 4.09. The van der Waals surface area contributed by atoms with Crippen LogP contribution in [0.1, 0.15) is 24.5 Å². The van der Waals surface area contributed by atoms with E-state index in [0.717, 1.165) is 31.6 Å². The maximum absolute atomic E-state index is 11.1. The van der Waals surface area contributed by atoms with Crippen LogP contribution in [0.4, 0.5) is 0 Å². The maximum Gasteiger partial charge on any atom is 0.0946 e. The molecule has 0 saturated carbocycles. The van der Waals surface area contributed by atoms with Crippen LogP contribution >= 0.6 is 0 Å². The fraction of sp³-hybridized carbons (Fsp3) is 0.368. The van der Waals surface area contributed by atoms with Crippen LogP contribution in [-0.4, -0.2) is 23.1 Å². The molecule has 1 saturated heterocycles. The first-order chi connectivity index (χ1) is 10.2. The lowest BCUT2D eigenvalue weighted by Gasteiger charge is -2.43. The Morgan fingerprint density at radius 2 is 1.67 bits per heavy atom. The van der Waals surface area contributed by atoms with Crippen molar-refractivity contribution in [2.75, 3.05) is 13.1 Å². The Labute approximate surface area is 127 Å². The highest BCUT2D eigenvalue weighted by Gasteiger charge is 2.39. The molecule has 1 heterocycles. The van der Waals surface area contributed by atoms with Crippen molar-refractivity contribution >= 4 is 0 Å². The van der Waals surface area contributed by atoms with Crippen molar-refractivity contribution in [3.8, 4) is 0 Å². The molecular weight excluding hydrogens is 258 g/mol. The summed E-state index contributed by atoms with van der Waals surface area (Å²) in [5.41, 5.74) is 1.71. The van der Waals surface area contributed by atoms with Crippen LogP contribution in [0.5, 0.6) is 0 Å². The molecule has 0 aromatic heterocycles. The van der Waals surface area contributed by atoms with E-state index in [1.165, 1.54) is 5.56 Å². The fourth-order valence-electron chi connectivity index (χ4n) is 3.35. The van der Waals surface area contributed by atoms with Gasteiger partial charge in [0.05, 0.1) is 5.60 Å². The molecule has 2 aromatic rings. The Morgan fingerprint density at radius 3 is 2.29 bits per heavy atom. The topological polar surface area (TPSA) is 23.5 Å². The molecular formula is C19H23NO. The molecule has 0 amide bonds. The molecule has 2 aromatic carbocycles. The summed E-state index contributed by atoms with van der Waals surface area (Å²) in [4.78, 5) is 2.44. The number of nitrogens with zero attached hydrogens (tertiary/aromatic N) is 1. The van der Waals surface area contributed by atoms with E-state index in [4.69, 9.17) is 0 Å². The summed E-state index contributed by atoms with van der Waals surface area (Å²) in [5, 5.41) is 11.1. The fourth-order valence-corrected chi connectivity index (χ4v) is 3.35. The maximum atomic E-state index is 11.1. The van der Waals surface area contributed by atoms with Crippen molar-refractivity contribution in [2.24, 2.45) is 5.92 Å². The molecule has 1 fully saturated rings. The third-order valence-electron chi connectivity index (χ3n) is 4.68. The number of piperidine rings is 1. The van der Waals surface area contributed by atoms with Crippen LogP contribution in [0.3, 0.4) is 0 Å². The molecule has 0 spiro atoms. The predicted molar refractivity (Wildman–Crippen MR) is 85.8 cm³/mol. The van der Waals surface area contributed by atoms with Crippen LogP contribution < -0.4 is 0 Å². The van der Waals surface area contributed by atoms with E-state index in [2.05, 4.69) is 42.2 Å². The van der Waals surface area contributed by atoms with E-state index in [-0.39, 0.29) is 5.92 Å². The van der Waals surface area contributed by atoms with Crippen LogP contribution in [-0.2, 0) is 12.1 Å². The minimum absolute atomic E-state index is 0.234. The first-order valence-electron chi connectivity index (χ1n) is 7.73. The molecule has 0 bridgehead atoms. The van der Waals surface area contributed by atoms with E-state index in [1.54, 1.807) is 0 Å². The molecule has 0 radical (unpaired) electrons. The standard InChI is InChI=1S/C19H23NO/c1-16-14-20(15-17-8-4-2-5-9-17)13-12-19(16,21)18-10-6-3-7-11-18/h2-11,16,21H,12-15H2,1H3/t16-,19-/m0/s1. The van der Waals surface area contributed by atoms with Crippen molar-refractivity contribution in [1.29, 1.82) is 0 Å². The lowest BCUT2D eigenvalue weighted by Crippen LogP contribution is -2.48. The second kappa shape index (κ2) is 6.00. The van der Waals surface area contributed by atoms with E-state index < -0.39 is 5.60 Å². The molecule has 1 aliphatic rings. The van der Waals surface area contributed by atoms with Gasteiger partial charge in [-0.3, -0.25) is 4.90 Å².